The van der Waals surface area contributed by atoms with Crippen LogP contribution in [-0.2, 0) is 0 Å². The van der Waals surface area contributed by atoms with Crippen molar-refractivity contribution in [2.75, 3.05) is 18.7 Å². The molecule has 1 atom stereocenters. The van der Waals surface area contributed by atoms with E-state index in [1.54, 1.807) is 17.4 Å². The minimum Gasteiger partial charge on any atom is -0.454 e. The zero-order valence-electron chi connectivity index (χ0n) is 14.5. The smallest absolute Gasteiger partial charge is 0.265 e. The first kappa shape index (κ1) is 16.4. The first-order valence-corrected chi connectivity index (χ1v) is 9.50. The lowest BCUT2D eigenvalue weighted by Crippen LogP contribution is -2.29. The minimum atomic E-state index is -0.0794. The molecule has 1 fully saturated rings. The highest BCUT2D eigenvalue weighted by atomic mass is 32.1. The van der Waals surface area contributed by atoms with Crippen LogP contribution in [0.5, 0.6) is 11.5 Å². The number of fused-ring (bicyclic) bond motifs is 1. The van der Waals surface area contributed by atoms with Crippen LogP contribution in [0.2, 0.25) is 0 Å². The van der Waals surface area contributed by atoms with Gasteiger partial charge in [0.25, 0.3) is 5.91 Å². The topological polar surface area (TPSA) is 50.8 Å². The van der Waals surface area contributed by atoms with Gasteiger partial charge in [0.15, 0.2) is 11.5 Å². The van der Waals surface area contributed by atoms with Gasteiger partial charge in [-0.3, -0.25) is 9.69 Å². The van der Waals surface area contributed by atoms with E-state index in [1.165, 1.54) is 17.7 Å². The predicted molar refractivity (Wildman–Crippen MR) is 98.7 cm³/mol. The van der Waals surface area contributed by atoms with Crippen molar-refractivity contribution in [2.24, 2.45) is 0 Å². The molecule has 3 heterocycles. The number of thiophene rings is 1. The monoisotopic (exact) mass is 358 g/mol. The van der Waals surface area contributed by atoms with Gasteiger partial charge < -0.3 is 14.8 Å². The van der Waals surface area contributed by atoms with Gasteiger partial charge in [0, 0.05) is 28.7 Å². The molecule has 0 radical (unpaired) electrons. The number of rotatable bonds is 4. The van der Waals surface area contributed by atoms with Crippen molar-refractivity contribution in [3.8, 4) is 11.5 Å². The van der Waals surface area contributed by atoms with E-state index in [1.807, 2.05) is 18.2 Å². The first-order chi connectivity index (χ1) is 12.1. The summed E-state index contributed by atoms with van der Waals surface area (Å²) in [5.41, 5.74) is 0.717. The number of amides is 1. The summed E-state index contributed by atoms with van der Waals surface area (Å²) in [5, 5.41) is 2.95. The van der Waals surface area contributed by atoms with E-state index >= 15 is 0 Å². The maximum absolute atomic E-state index is 12.6. The number of ether oxygens (including phenoxy) is 2. The van der Waals surface area contributed by atoms with E-state index < -0.39 is 0 Å². The predicted octanol–water partition coefficient (Wildman–Crippen LogP) is 4.27. The van der Waals surface area contributed by atoms with E-state index in [2.05, 4.69) is 30.1 Å². The van der Waals surface area contributed by atoms with Gasteiger partial charge in [0.2, 0.25) is 6.79 Å². The van der Waals surface area contributed by atoms with Gasteiger partial charge in [-0.15, -0.1) is 11.3 Å². The number of hydrogen-bond acceptors (Lipinski definition) is 5. The molecule has 0 bridgehead atoms. The van der Waals surface area contributed by atoms with Crippen LogP contribution in [0.15, 0.2) is 30.3 Å². The van der Waals surface area contributed by atoms with Gasteiger partial charge >= 0.3 is 0 Å². The number of benzene rings is 1. The number of nitrogens with one attached hydrogen (secondary N) is 1. The Morgan fingerprint density at radius 2 is 2.08 bits per heavy atom. The summed E-state index contributed by atoms with van der Waals surface area (Å²) in [7, 11) is 0. The highest BCUT2D eigenvalue weighted by Crippen LogP contribution is 2.38. The molecule has 1 saturated heterocycles. The molecule has 2 aromatic rings. The van der Waals surface area contributed by atoms with Gasteiger partial charge in [0.05, 0.1) is 4.88 Å². The van der Waals surface area contributed by atoms with Crippen LogP contribution in [0.3, 0.4) is 0 Å². The molecule has 132 valence electrons. The molecule has 0 aliphatic carbocycles. The molecule has 0 unspecified atom stereocenters. The molecule has 1 aromatic heterocycles. The summed E-state index contributed by atoms with van der Waals surface area (Å²) in [6.07, 6.45) is 2.39. The molecule has 2 aliphatic heterocycles. The maximum atomic E-state index is 12.6. The van der Waals surface area contributed by atoms with Gasteiger partial charge in [-0.1, -0.05) is 0 Å². The summed E-state index contributed by atoms with van der Waals surface area (Å²) >= 11 is 1.59. The normalized spacial score (nSPS) is 19.6. The Balaban J connectivity index is 1.47. The molecule has 6 heteroatoms. The Labute approximate surface area is 151 Å². The fourth-order valence-electron chi connectivity index (χ4n) is 3.53. The summed E-state index contributed by atoms with van der Waals surface area (Å²) in [6.45, 7) is 5.84. The minimum absolute atomic E-state index is 0.0794. The SMILES string of the molecule is CC(C)N1CCC[C@@H]1c1ccc(C(=O)Nc2ccc3c(c2)OCO3)s1. The summed E-state index contributed by atoms with van der Waals surface area (Å²) in [5.74, 6) is 1.30. The maximum Gasteiger partial charge on any atom is 0.265 e. The Morgan fingerprint density at radius 1 is 1.24 bits per heavy atom. The molecule has 5 nitrogen and oxygen atoms in total. The highest BCUT2D eigenvalue weighted by Gasteiger charge is 2.29. The molecular formula is C19H22N2O3S. The Kier molecular flexibility index (Phi) is 4.39. The lowest BCUT2D eigenvalue weighted by molar-refractivity contribution is 0.103. The fraction of sp³-hybridized carbons (Fsp3) is 0.421. The molecule has 1 N–H and O–H groups in total. The van der Waals surface area contributed by atoms with E-state index in [9.17, 15) is 4.79 Å². The van der Waals surface area contributed by atoms with E-state index in [-0.39, 0.29) is 12.7 Å². The second-order valence-corrected chi connectivity index (χ2v) is 7.83. The number of likely N-dealkylation sites (tertiary alicyclic amines) is 1. The first-order valence-electron chi connectivity index (χ1n) is 8.68. The molecule has 4 rings (SSSR count). The van der Waals surface area contributed by atoms with Crippen LogP contribution in [0.4, 0.5) is 5.69 Å². The summed E-state index contributed by atoms with van der Waals surface area (Å²) in [4.78, 5) is 17.1. The van der Waals surface area contributed by atoms with Crippen molar-refractivity contribution >= 4 is 22.9 Å². The number of carbonyl (C=O) groups is 1. The van der Waals surface area contributed by atoms with Crippen molar-refractivity contribution in [3.05, 3.63) is 40.1 Å². The average molecular weight is 358 g/mol. The van der Waals surface area contributed by atoms with Crippen LogP contribution in [0.1, 0.15) is 47.3 Å². The number of nitrogens with zero attached hydrogens (tertiary/aromatic N) is 1. The highest BCUT2D eigenvalue weighted by molar-refractivity contribution is 7.14. The van der Waals surface area contributed by atoms with Gasteiger partial charge in [-0.2, -0.15) is 0 Å². The van der Waals surface area contributed by atoms with E-state index in [0.29, 0.717) is 29.3 Å². The van der Waals surface area contributed by atoms with Crippen molar-refractivity contribution in [1.82, 2.24) is 4.90 Å². The lowest BCUT2D eigenvalue weighted by Gasteiger charge is -2.27. The largest absolute Gasteiger partial charge is 0.454 e. The average Bonchev–Trinajstić information content (AvgIpc) is 3.33. The Bertz CT molecular complexity index is 787. The zero-order chi connectivity index (χ0) is 17.4. The number of carbonyl (C=O) groups excluding carboxylic acids is 1. The lowest BCUT2D eigenvalue weighted by atomic mass is 10.1. The molecule has 0 spiro atoms. The molecule has 2 aliphatic rings. The van der Waals surface area contributed by atoms with Crippen LogP contribution in [0, 0.1) is 0 Å². The van der Waals surface area contributed by atoms with E-state index in [4.69, 9.17) is 9.47 Å². The third-order valence-electron chi connectivity index (χ3n) is 4.77. The van der Waals surface area contributed by atoms with Crippen molar-refractivity contribution in [1.29, 1.82) is 0 Å². The standard InChI is InChI=1S/C19H22N2O3S/c1-12(2)21-9-3-4-14(21)17-7-8-18(25-17)19(22)20-13-5-6-15-16(10-13)24-11-23-15/h5-8,10,12,14H,3-4,9,11H2,1-2H3,(H,20,22)/t14-/m1/s1. The Hall–Kier alpha value is -2.05. The van der Waals surface area contributed by atoms with Gasteiger partial charge in [-0.25, -0.2) is 0 Å². The molecule has 1 amide bonds. The second-order valence-electron chi connectivity index (χ2n) is 6.71. The van der Waals surface area contributed by atoms with Gasteiger partial charge in [-0.05, 0) is 57.5 Å². The summed E-state index contributed by atoms with van der Waals surface area (Å²) in [6, 6.07) is 10.4. The molecule has 0 saturated carbocycles. The molecular weight excluding hydrogens is 336 g/mol. The van der Waals surface area contributed by atoms with Crippen molar-refractivity contribution in [3.63, 3.8) is 0 Å². The quantitative estimate of drug-likeness (QED) is 0.886. The van der Waals surface area contributed by atoms with Crippen LogP contribution in [-0.4, -0.2) is 30.2 Å². The van der Waals surface area contributed by atoms with Crippen LogP contribution in [0.25, 0.3) is 0 Å². The fourth-order valence-corrected chi connectivity index (χ4v) is 4.59. The third kappa shape index (κ3) is 3.24. The zero-order valence-corrected chi connectivity index (χ0v) is 15.3. The third-order valence-corrected chi connectivity index (χ3v) is 5.95. The van der Waals surface area contributed by atoms with Crippen molar-refractivity contribution in [2.45, 2.75) is 38.8 Å². The van der Waals surface area contributed by atoms with Crippen molar-refractivity contribution < 1.29 is 14.3 Å². The number of anilines is 1. The summed E-state index contributed by atoms with van der Waals surface area (Å²) < 4.78 is 10.7. The number of hydrogen-bond donors (Lipinski definition) is 1. The van der Waals surface area contributed by atoms with Gasteiger partial charge in [0.1, 0.15) is 0 Å². The molecule has 1 aromatic carbocycles. The Morgan fingerprint density at radius 3 is 2.92 bits per heavy atom. The molecule has 25 heavy (non-hydrogen) atoms. The van der Waals surface area contributed by atoms with Crippen LogP contribution < -0.4 is 14.8 Å². The van der Waals surface area contributed by atoms with Crippen LogP contribution >= 0.6 is 11.3 Å². The second kappa shape index (κ2) is 6.69. The van der Waals surface area contributed by atoms with E-state index in [0.717, 1.165) is 11.4 Å².